The van der Waals surface area contributed by atoms with Gasteiger partial charge in [-0.15, -0.1) is 0 Å². The lowest BCUT2D eigenvalue weighted by Crippen LogP contribution is -2.21. The molecule has 0 fully saturated rings. The zero-order chi connectivity index (χ0) is 18.4. The van der Waals surface area contributed by atoms with Gasteiger partial charge in [0.1, 0.15) is 0 Å². The van der Waals surface area contributed by atoms with E-state index in [1.165, 1.54) is 5.56 Å². The largest absolute Gasteiger partial charge is 0.271 e. The van der Waals surface area contributed by atoms with Gasteiger partial charge < -0.3 is 0 Å². The van der Waals surface area contributed by atoms with Crippen LogP contribution in [0.2, 0.25) is 0 Å². The second kappa shape index (κ2) is 8.11. The van der Waals surface area contributed by atoms with Crippen molar-refractivity contribution in [1.29, 1.82) is 0 Å². The molecule has 132 valence electrons. The molecular weight excluding hydrogens is 308 g/mol. The van der Waals surface area contributed by atoms with Gasteiger partial charge in [-0.3, -0.25) is 4.79 Å². The highest BCUT2D eigenvalue weighted by Crippen LogP contribution is 2.22. The second-order valence-electron chi connectivity index (χ2n) is 7.79. The minimum Gasteiger partial charge on any atom is -0.267 e. The molecule has 1 N–H and O–H groups in total. The van der Waals surface area contributed by atoms with Crippen LogP contribution < -0.4 is 5.43 Å². The van der Waals surface area contributed by atoms with Gasteiger partial charge in [-0.2, -0.15) is 5.10 Å². The van der Waals surface area contributed by atoms with E-state index in [-0.39, 0.29) is 11.3 Å². The Morgan fingerprint density at radius 1 is 0.960 bits per heavy atom. The molecule has 0 aliphatic heterocycles. The number of hydrazone groups is 1. The van der Waals surface area contributed by atoms with Crippen LogP contribution in [0.5, 0.6) is 0 Å². The number of carbonyl (C=O) groups is 1. The van der Waals surface area contributed by atoms with Crippen molar-refractivity contribution in [3.63, 3.8) is 0 Å². The molecule has 1 amide bonds. The maximum atomic E-state index is 12.4. The second-order valence-corrected chi connectivity index (χ2v) is 7.79. The molecule has 0 aromatic heterocycles. The maximum absolute atomic E-state index is 12.4. The molecule has 2 rings (SSSR count). The first-order valence-electron chi connectivity index (χ1n) is 8.80. The molecule has 0 unspecified atom stereocenters. The van der Waals surface area contributed by atoms with E-state index < -0.39 is 0 Å². The molecular formula is C22H28N2O. The van der Waals surface area contributed by atoms with Crippen molar-refractivity contribution in [3.05, 3.63) is 71.3 Å². The Bertz CT molecular complexity index is 723. The van der Waals surface area contributed by atoms with Crippen LogP contribution in [0, 0.1) is 5.92 Å². The van der Waals surface area contributed by atoms with Crippen LogP contribution in [-0.4, -0.2) is 11.6 Å². The number of nitrogens with one attached hydrogen (secondary N) is 1. The Hall–Kier alpha value is -2.42. The summed E-state index contributed by atoms with van der Waals surface area (Å²) in [5, 5.41) is 4.40. The highest BCUT2D eigenvalue weighted by Gasteiger charge is 2.14. The summed E-state index contributed by atoms with van der Waals surface area (Å²) in [7, 11) is 0. The van der Waals surface area contributed by atoms with Gasteiger partial charge in [0, 0.05) is 5.56 Å². The Morgan fingerprint density at radius 2 is 1.56 bits per heavy atom. The lowest BCUT2D eigenvalue weighted by Gasteiger charge is -2.18. The molecule has 2 aromatic rings. The summed E-state index contributed by atoms with van der Waals surface area (Å²) in [5.74, 6) is 0.277. The number of carbonyl (C=O) groups excluding carboxylic acids is 1. The highest BCUT2D eigenvalue weighted by atomic mass is 16.2. The van der Waals surface area contributed by atoms with Crippen molar-refractivity contribution < 1.29 is 4.79 Å². The molecule has 0 radical (unpaired) electrons. The molecule has 0 spiro atoms. The summed E-state index contributed by atoms with van der Waals surface area (Å²) >= 11 is 0. The molecule has 0 aliphatic carbocycles. The van der Waals surface area contributed by atoms with E-state index in [2.05, 4.69) is 45.1 Å². The van der Waals surface area contributed by atoms with Gasteiger partial charge in [-0.05, 0) is 41.0 Å². The SMILES string of the molecule is CC(C)C/C(=N/NC(=O)c1ccc(C(C)(C)C)cc1)c1ccccc1. The highest BCUT2D eigenvalue weighted by molar-refractivity contribution is 6.02. The molecule has 0 bridgehead atoms. The van der Waals surface area contributed by atoms with Crippen LogP contribution in [0.15, 0.2) is 59.7 Å². The van der Waals surface area contributed by atoms with Crippen LogP contribution in [0.25, 0.3) is 0 Å². The molecule has 0 heterocycles. The Labute approximate surface area is 151 Å². The first-order valence-corrected chi connectivity index (χ1v) is 8.80. The number of amides is 1. The van der Waals surface area contributed by atoms with Crippen molar-refractivity contribution in [3.8, 4) is 0 Å². The van der Waals surface area contributed by atoms with E-state index in [0.717, 1.165) is 17.7 Å². The van der Waals surface area contributed by atoms with Gasteiger partial charge in [-0.25, -0.2) is 5.43 Å². The van der Waals surface area contributed by atoms with Crippen LogP contribution >= 0.6 is 0 Å². The maximum Gasteiger partial charge on any atom is 0.271 e. The minimum absolute atomic E-state index is 0.0743. The monoisotopic (exact) mass is 336 g/mol. The first-order chi connectivity index (χ1) is 11.8. The number of hydrogen-bond donors (Lipinski definition) is 1. The molecule has 0 saturated heterocycles. The summed E-state index contributed by atoms with van der Waals surface area (Å²) in [6.45, 7) is 10.8. The van der Waals surface area contributed by atoms with E-state index >= 15 is 0 Å². The number of benzene rings is 2. The third-order valence-electron chi connectivity index (χ3n) is 4.01. The number of nitrogens with zero attached hydrogens (tertiary/aromatic N) is 1. The zero-order valence-corrected chi connectivity index (χ0v) is 15.8. The predicted octanol–water partition coefficient (Wildman–Crippen LogP) is 5.16. The van der Waals surface area contributed by atoms with Crippen LogP contribution in [0.1, 0.15) is 62.5 Å². The third-order valence-corrected chi connectivity index (χ3v) is 4.01. The minimum atomic E-state index is -0.183. The van der Waals surface area contributed by atoms with Crippen molar-refractivity contribution in [2.75, 3.05) is 0 Å². The van der Waals surface area contributed by atoms with E-state index in [0.29, 0.717) is 11.5 Å². The average Bonchev–Trinajstić information content (AvgIpc) is 2.58. The third kappa shape index (κ3) is 5.56. The van der Waals surface area contributed by atoms with Crippen LogP contribution in [0.3, 0.4) is 0 Å². The molecule has 3 heteroatoms. The van der Waals surface area contributed by atoms with Gasteiger partial charge in [0.2, 0.25) is 0 Å². The Balaban J connectivity index is 2.15. The Morgan fingerprint density at radius 3 is 2.08 bits per heavy atom. The normalized spacial score (nSPS) is 12.3. The Kier molecular flexibility index (Phi) is 6.13. The standard InChI is InChI=1S/C22H28N2O/c1-16(2)15-20(17-9-7-6-8-10-17)23-24-21(25)18-11-13-19(14-12-18)22(3,4)5/h6-14,16H,15H2,1-5H3,(H,24,25)/b23-20-. The summed E-state index contributed by atoms with van der Waals surface area (Å²) in [5.41, 5.74) is 6.55. The molecule has 3 nitrogen and oxygen atoms in total. The summed E-state index contributed by atoms with van der Waals surface area (Å²) in [6.07, 6.45) is 0.813. The van der Waals surface area contributed by atoms with Crippen LogP contribution in [0.4, 0.5) is 0 Å². The molecule has 25 heavy (non-hydrogen) atoms. The molecule has 2 aromatic carbocycles. The molecule has 0 atom stereocenters. The van der Waals surface area contributed by atoms with Crippen molar-refractivity contribution in [2.45, 2.75) is 46.5 Å². The topological polar surface area (TPSA) is 41.5 Å². The van der Waals surface area contributed by atoms with Crippen molar-refractivity contribution in [2.24, 2.45) is 11.0 Å². The zero-order valence-electron chi connectivity index (χ0n) is 15.8. The smallest absolute Gasteiger partial charge is 0.267 e. The van der Waals surface area contributed by atoms with Gasteiger partial charge >= 0.3 is 0 Å². The predicted molar refractivity (Wildman–Crippen MR) is 105 cm³/mol. The van der Waals surface area contributed by atoms with E-state index in [1.807, 2.05) is 54.6 Å². The summed E-state index contributed by atoms with van der Waals surface area (Å²) in [6, 6.07) is 17.7. The lowest BCUT2D eigenvalue weighted by atomic mass is 9.87. The summed E-state index contributed by atoms with van der Waals surface area (Å²) < 4.78 is 0. The fourth-order valence-corrected chi connectivity index (χ4v) is 2.55. The van der Waals surface area contributed by atoms with E-state index in [4.69, 9.17) is 0 Å². The number of rotatable bonds is 5. The summed E-state index contributed by atoms with van der Waals surface area (Å²) in [4.78, 5) is 12.4. The molecule has 0 aliphatic rings. The quantitative estimate of drug-likeness (QED) is 0.594. The van der Waals surface area contributed by atoms with Gasteiger partial charge in [-0.1, -0.05) is 77.1 Å². The van der Waals surface area contributed by atoms with Gasteiger partial charge in [0.15, 0.2) is 0 Å². The van der Waals surface area contributed by atoms with E-state index in [9.17, 15) is 4.79 Å². The average molecular weight is 336 g/mol. The fourth-order valence-electron chi connectivity index (χ4n) is 2.55. The van der Waals surface area contributed by atoms with Crippen LogP contribution in [-0.2, 0) is 5.41 Å². The van der Waals surface area contributed by atoms with Gasteiger partial charge in [0.05, 0.1) is 5.71 Å². The van der Waals surface area contributed by atoms with Gasteiger partial charge in [0.25, 0.3) is 5.91 Å². The fraction of sp³-hybridized carbons (Fsp3) is 0.364. The lowest BCUT2D eigenvalue weighted by molar-refractivity contribution is 0.0954. The first kappa shape index (κ1) is 18.9. The molecule has 0 saturated carbocycles. The van der Waals surface area contributed by atoms with Crippen molar-refractivity contribution in [1.82, 2.24) is 5.43 Å². The van der Waals surface area contributed by atoms with Crippen molar-refractivity contribution >= 4 is 11.6 Å². The number of hydrogen-bond acceptors (Lipinski definition) is 2. The van der Waals surface area contributed by atoms with E-state index in [1.54, 1.807) is 0 Å².